The lowest BCUT2D eigenvalue weighted by molar-refractivity contribution is -0.274. The van der Waals surface area contributed by atoms with Gasteiger partial charge in [-0.2, -0.15) is 0 Å². The van der Waals surface area contributed by atoms with Crippen LogP contribution in [0.15, 0.2) is 67.0 Å². The van der Waals surface area contributed by atoms with E-state index >= 15 is 0 Å². The maximum atomic E-state index is 13.0. The van der Waals surface area contributed by atoms with Crippen molar-refractivity contribution in [2.75, 3.05) is 16.8 Å². The minimum atomic E-state index is -4.86. The summed E-state index contributed by atoms with van der Waals surface area (Å²) in [7, 11) is 0. The number of nitrogens with zero attached hydrogens (tertiary/aromatic N) is 3. The zero-order chi connectivity index (χ0) is 25.2. The number of benzene rings is 2. The summed E-state index contributed by atoms with van der Waals surface area (Å²) in [5.74, 6) is -1.45. The van der Waals surface area contributed by atoms with Gasteiger partial charge < -0.3 is 15.0 Å². The van der Waals surface area contributed by atoms with Crippen molar-refractivity contribution in [2.24, 2.45) is 0 Å². The van der Waals surface area contributed by atoms with Gasteiger partial charge in [0, 0.05) is 24.6 Å². The molecule has 0 radical (unpaired) electrons. The molecule has 1 N–H and O–H groups in total. The second-order valence-electron chi connectivity index (χ2n) is 7.71. The van der Waals surface area contributed by atoms with Gasteiger partial charge in [0.05, 0.1) is 11.3 Å². The number of hydrogen-bond donors (Lipinski definition) is 1. The summed E-state index contributed by atoms with van der Waals surface area (Å²) in [6.07, 6.45) is -2.01. The summed E-state index contributed by atoms with van der Waals surface area (Å²) in [6.45, 7) is 1.54. The molecule has 0 bridgehead atoms. The Hall–Kier alpha value is -4.41. The van der Waals surface area contributed by atoms with Gasteiger partial charge in [0.2, 0.25) is 0 Å². The van der Waals surface area contributed by atoms with E-state index < -0.39 is 30.0 Å². The monoisotopic (exact) mass is 484 g/mol. The van der Waals surface area contributed by atoms with Crippen LogP contribution in [0.5, 0.6) is 5.75 Å². The molecule has 1 aliphatic rings. The fourth-order valence-corrected chi connectivity index (χ4v) is 3.60. The van der Waals surface area contributed by atoms with Crippen LogP contribution in [-0.4, -0.2) is 40.6 Å². The van der Waals surface area contributed by atoms with E-state index in [0.29, 0.717) is 11.3 Å². The number of pyridine rings is 1. The molecule has 2 aromatic carbocycles. The van der Waals surface area contributed by atoms with Gasteiger partial charge in [0.25, 0.3) is 11.8 Å². The molecule has 4 amide bonds. The molecule has 1 aromatic heterocycles. The number of para-hydroxylation sites is 1. The molecule has 0 saturated carbocycles. The minimum Gasteiger partial charge on any atom is -0.406 e. The minimum absolute atomic E-state index is 0.0462. The number of alkyl halides is 3. The van der Waals surface area contributed by atoms with E-state index in [0.717, 1.165) is 22.6 Å². The van der Waals surface area contributed by atoms with E-state index in [4.69, 9.17) is 0 Å². The molecule has 11 heteroatoms. The number of halogens is 3. The Balaban J connectivity index is 1.50. The average molecular weight is 484 g/mol. The average Bonchev–Trinajstić information content (AvgIpc) is 3.08. The molecule has 0 atom stereocenters. The number of hydrogen-bond acceptors (Lipinski definition) is 5. The SMILES string of the molecule is Cc1ccccc1NC(=O)c1cnccc1CN1CC(=O)N(c2ccc(OC(F)(F)F)cc2)C1=O. The van der Waals surface area contributed by atoms with Gasteiger partial charge in [0.1, 0.15) is 12.3 Å². The molecule has 0 aliphatic carbocycles. The number of urea groups is 1. The number of carbonyl (C=O) groups is 3. The van der Waals surface area contributed by atoms with Crippen LogP contribution < -0.4 is 15.0 Å². The fraction of sp³-hybridized carbons (Fsp3) is 0.167. The van der Waals surface area contributed by atoms with Crippen LogP contribution in [0.1, 0.15) is 21.5 Å². The van der Waals surface area contributed by atoms with Gasteiger partial charge >= 0.3 is 12.4 Å². The van der Waals surface area contributed by atoms with Crippen molar-refractivity contribution in [1.82, 2.24) is 9.88 Å². The van der Waals surface area contributed by atoms with E-state index in [1.54, 1.807) is 18.2 Å². The van der Waals surface area contributed by atoms with E-state index in [-0.39, 0.29) is 24.3 Å². The standard InChI is InChI=1S/C24H19F3N4O4/c1-15-4-2-3-5-20(15)29-22(33)19-12-28-11-10-16(19)13-30-14-21(32)31(23(30)34)17-6-8-18(9-7-17)35-24(25,26)27/h2-12H,13-14H2,1H3,(H,29,33). The first-order valence-electron chi connectivity index (χ1n) is 10.4. The zero-order valence-corrected chi connectivity index (χ0v) is 18.4. The van der Waals surface area contributed by atoms with E-state index in [1.807, 2.05) is 19.1 Å². The van der Waals surface area contributed by atoms with Crippen molar-refractivity contribution < 1.29 is 32.3 Å². The highest BCUT2D eigenvalue weighted by Crippen LogP contribution is 2.28. The van der Waals surface area contributed by atoms with Crippen molar-refractivity contribution in [2.45, 2.75) is 19.8 Å². The van der Waals surface area contributed by atoms with Crippen molar-refractivity contribution in [1.29, 1.82) is 0 Å². The number of nitrogens with one attached hydrogen (secondary N) is 1. The number of ether oxygens (including phenoxy) is 1. The number of rotatable bonds is 6. The van der Waals surface area contributed by atoms with Gasteiger partial charge in [-0.05, 0) is 54.4 Å². The number of imide groups is 1. The second kappa shape index (κ2) is 9.45. The van der Waals surface area contributed by atoms with Crippen LogP contribution in [0.2, 0.25) is 0 Å². The van der Waals surface area contributed by atoms with Crippen LogP contribution in [0.3, 0.4) is 0 Å². The predicted octanol–water partition coefficient (Wildman–Crippen LogP) is 4.51. The third kappa shape index (κ3) is 5.40. The summed E-state index contributed by atoms with van der Waals surface area (Å²) < 4.78 is 40.9. The highest BCUT2D eigenvalue weighted by molar-refractivity contribution is 6.19. The number of amides is 4. The van der Waals surface area contributed by atoms with Crippen LogP contribution in [0.4, 0.5) is 29.3 Å². The Morgan fingerprint density at radius 3 is 2.49 bits per heavy atom. The van der Waals surface area contributed by atoms with Crippen LogP contribution in [0.25, 0.3) is 0 Å². The maximum Gasteiger partial charge on any atom is 0.573 e. The third-order valence-corrected chi connectivity index (χ3v) is 5.28. The van der Waals surface area contributed by atoms with Gasteiger partial charge in [-0.1, -0.05) is 18.2 Å². The first-order chi connectivity index (χ1) is 16.6. The molecule has 0 spiro atoms. The third-order valence-electron chi connectivity index (χ3n) is 5.28. The Labute approximate surface area is 197 Å². The molecule has 3 aromatic rings. The Kier molecular flexibility index (Phi) is 6.41. The topological polar surface area (TPSA) is 91.8 Å². The molecular weight excluding hydrogens is 465 g/mol. The smallest absolute Gasteiger partial charge is 0.406 e. The molecule has 180 valence electrons. The number of aromatic nitrogens is 1. The summed E-state index contributed by atoms with van der Waals surface area (Å²) in [5, 5.41) is 2.82. The second-order valence-corrected chi connectivity index (χ2v) is 7.71. The van der Waals surface area contributed by atoms with Gasteiger partial charge in [0.15, 0.2) is 0 Å². The molecule has 4 rings (SSSR count). The molecule has 8 nitrogen and oxygen atoms in total. The van der Waals surface area contributed by atoms with Gasteiger partial charge in [-0.15, -0.1) is 13.2 Å². The predicted molar refractivity (Wildman–Crippen MR) is 120 cm³/mol. The van der Waals surface area contributed by atoms with Gasteiger partial charge in [-0.25, -0.2) is 9.69 Å². The Bertz CT molecular complexity index is 1280. The quantitative estimate of drug-likeness (QED) is 0.520. The van der Waals surface area contributed by atoms with E-state index in [2.05, 4.69) is 15.0 Å². The molecule has 1 fully saturated rings. The molecule has 35 heavy (non-hydrogen) atoms. The molecule has 0 unspecified atom stereocenters. The van der Waals surface area contributed by atoms with E-state index in [1.165, 1.54) is 29.4 Å². The molecule has 2 heterocycles. The molecule has 1 aliphatic heterocycles. The van der Waals surface area contributed by atoms with Crippen molar-refractivity contribution >= 4 is 29.2 Å². The number of carbonyl (C=O) groups excluding carboxylic acids is 3. The lowest BCUT2D eigenvalue weighted by Crippen LogP contribution is -2.33. The van der Waals surface area contributed by atoms with E-state index in [9.17, 15) is 27.6 Å². The maximum absolute atomic E-state index is 13.0. The van der Waals surface area contributed by atoms with Crippen LogP contribution in [0, 0.1) is 6.92 Å². The highest BCUT2D eigenvalue weighted by Gasteiger charge is 2.38. The first kappa shape index (κ1) is 23.7. The largest absolute Gasteiger partial charge is 0.573 e. The Morgan fingerprint density at radius 2 is 1.80 bits per heavy atom. The fourth-order valence-electron chi connectivity index (χ4n) is 3.60. The summed E-state index contributed by atoms with van der Waals surface area (Å²) >= 11 is 0. The molecule has 1 saturated heterocycles. The summed E-state index contributed by atoms with van der Waals surface area (Å²) in [5.41, 5.74) is 2.31. The summed E-state index contributed by atoms with van der Waals surface area (Å²) in [6, 6.07) is 12.6. The van der Waals surface area contributed by atoms with Crippen LogP contribution in [-0.2, 0) is 11.3 Å². The molecular formula is C24H19F3N4O4. The van der Waals surface area contributed by atoms with Gasteiger partial charge in [-0.3, -0.25) is 14.6 Å². The highest BCUT2D eigenvalue weighted by atomic mass is 19.4. The van der Waals surface area contributed by atoms with Crippen molar-refractivity contribution in [3.8, 4) is 5.75 Å². The normalized spacial score (nSPS) is 13.8. The summed E-state index contributed by atoms with van der Waals surface area (Å²) in [4.78, 5) is 44.5. The van der Waals surface area contributed by atoms with Crippen molar-refractivity contribution in [3.05, 3.63) is 83.7 Å². The number of anilines is 2. The number of aryl methyl sites for hydroxylation is 1. The Morgan fingerprint density at radius 1 is 1.09 bits per heavy atom. The lowest BCUT2D eigenvalue weighted by Gasteiger charge is -2.19. The zero-order valence-electron chi connectivity index (χ0n) is 18.4. The van der Waals surface area contributed by atoms with Crippen molar-refractivity contribution in [3.63, 3.8) is 0 Å². The first-order valence-corrected chi connectivity index (χ1v) is 10.4. The van der Waals surface area contributed by atoms with Crippen LogP contribution >= 0.6 is 0 Å². The lowest BCUT2D eigenvalue weighted by atomic mass is 10.1.